The fourth-order valence-electron chi connectivity index (χ4n) is 4.00. The van der Waals surface area contributed by atoms with Crippen molar-refractivity contribution in [3.63, 3.8) is 0 Å². The summed E-state index contributed by atoms with van der Waals surface area (Å²) in [6.07, 6.45) is 2.54. The molecule has 0 spiro atoms. The molecule has 0 aromatic heterocycles. The summed E-state index contributed by atoms with van der Waals surface area (Å²) in [4.78, 5) is 0. The van der Waals surface area contributed by atoms with E-state index in [1.807, 2.05) is 0 Å². The zero-order valence-electron chi connectivity index (χ0n) is 13.9. The Labute approximate surface area is 134 Å². The summed E-state index contributed by atoms with van der Waals surface area (Å²) in [6.45, 7) is 7.09. The van der Waals surface area contributed by atoms with Crippen LogP contribution in [-0.2, 0) is 0 Å². The Hall–Kier alpha value is -1.82. The lowest BCUT2D eigenvalue weighted by atomic mass is 9.66. The van der Waals surface area contributed by atoms with Crippen LogP contribution in [0, 0.1) is 11.8 Å². The molecule has 0 N–H and O–H groups in total. The van der Waals surface area contributed by atoms with Crippen LogP contribution in [0.5, 0.6) is 0 Å². The van der Waals surface area contributed by atoms with Crippen molar-refractivity contribution in [2.75, 3.05) is 0 Å². The predicted molar refractivity (Wildman–Crippen MR) is 95.8 cm³/mol. The fraction of sp³-hybridized carbons (Fsp3) is 0.364. The van der Waals surface area contributed by atoms with Gasteiger partial charge < -0.3 is 0 Å². The first-order valence-corrected chi connectivity index (χ1v) is 8.48. The van der Waals surface area contributed by atoms with Crippen molar-refractivity contribution >= 4 is 5.57 Å². The van der Waals surface area contributed by atoms with Gasteiger partial charge in [-0.25, -0.2) is 0 Å². The number of hydrogen-bond acceptors (Lipinski definition) is 0. The van der Waals surface area contributed by atoms with Gasteiger partial charge in [0.2, 0.25) is 0 Å². The maximum absolute atomic E-state index is 2.38. The van der Waals surface area contributed by atoms with Crippen molar-refractivity contribution in [1.29, 1.82) is 0 Å². The number of benzene rings is 2. The summed E-state index contributed by atoms with van der Waals surface area (Å²) < 4.78 is 0. The molecule has 0 aliphatic heterocycles. The van der Waals surface area contributed by atoms with Gasteiger partial charge >= 0.3 is 0 Å². The third kappa shape index (κ3) is 2.88. The van der Waals surface area contributed by atoms with E-state index in [4.69, 9.17) is 0 Å². The zero-order chi connectivity index (χ0) is 15.5. The molecule has 0 heterocycles. The minimum Gasteiger partial charge on any atom is -0.0689 e. The van der Waals surface area contributed by atoms with Crippen LogP contribution in [-0.4, -0.2) is 0 Å². The third-order valence-electron chi connectivity index (χ3n) is 5.15. The molecular weight excluding hydrogens is 264 g/mol. The molecule has 114 valence electrons. The highest BCUT2D eigenvalue weighted by atomic mass is 14.4. The van der Waals surface area contributed by atoms with Gasteiger partial charge in [0.05, 0.1) is 0 Å². The lowest BCUT2D eigenvalue weighted by Gasteiger charge is -2.38. The molecule has 3 rings (SSSR count). The summed E-state index contributed by atoms with van der Waals surface area (Å²) in [5.74, 6) is 1.95. The Morgan fingerprint density at radius 2 is 1.45 bits per heavy atom. The molecular formula is C22H26. The summed E-state index contributed by atoms with van der Waals surface area (Å²) in [5.41, 5.74) is 6.01. The molecule has 0 nitrogen and oxygen atoms in total. The fourth-order valence-corrected chi connectivity index (χ4v) is 4.00. The largest absolute Gasteiger partial charge is 0.0689 e. The molecule has 22 heavy (non-hydrogen) atoms. The highest BCUT2D eigenvalue weighted by molar-refractivity contribution is 5.75. The number of rotatable bonds is 3. The SMILES string of the molecule is CC1=C(c2ccccc2)C(c2ccccc2)C(C(C)C)CC1. The Morgan fingerprint density at radius 3 is 2.05 bits per heavy atom. The van der Waals surface area contributed by atoms with Gasteiger partial charge in [0, 0.05) is 5.92 Å². The molecule has 1 aliphatic carbocycles. The predicted octanol–water partition coefficient (Wildman–Crippen LogP) is 6.31. The summed E-state index contributed by atoms with van der Waals surface area (Å²) in [5, 5.41) is 0. The van der Waals surface area contributed by atoms with Gasteiger partial charge in [-0.3, -0.25) is 0 Å². The Bertz CT molecular complexity index is 634. The van der Waals surface area contributed by atoms with Crippen molar-refractivity contribution in [3.05, 3.63) is 77.4 Å². The first-order valence-electron chi connectivity index (χ1n) is 8.48. The van der Waals surface area contributed by atoms with Crippen LogP contribution in [0.2, 0.25) is 0 Å². The summed E-state index contributed by atoms with van der Waals surface area (Å²) in [7, 11) is 0. The zero-order valence-corrected chi connectivity index (χ0v) is 13.9. The van der Waals surface area contributed by atoms with Crippen LogP contribution in [0.3, 0.4) is 0 Å². The van der Waals surface area contributed by atoms with E-state index >= 15 is 0 Å². The molecule has 2 aromatic rings. The van der Waals surface area contributed by atoms with Gasteiger partial charge in [-0.05, 0) is 48.3 Å². The van der Waals surface area contributed by atoms with Gasteiger partial charge in [0.25, 0.3) is 0 Å². The van der Waals surface area contributed by atoms with E-state index in [9.17, 15) is 0 Å². The van der Waals surface area contributed by atoms with Gasteiger partial charge in [-0.2, -0.15) is 0 Å². The first kappa shape index (κ1) is 15.1. The minimum absolute atomic E-state index is 0.525. The molecule has 2 atom stereocenters. The van der Waals surface area contributed by atoms with Crippen LogP contribution < -0.4 is 0 Å². The van der Waals surface area contributed by atoms with Gasteiger partial charge in [-0.1, -0.05) is 80.1 Å². The molecule has 0 heteroatoms. The van der Waals surface area contributed by atoms with Crippen molar-refractivity contribution in [2.45, 2.75) is 39.5 Å². The van der Waals surface area contributed by atoms with Gasteiger partial charge in [0.1, 0.15) is 0 Å². The van der Waals surface area contributed by atoms with Gasteiger partial charge in [-0.15, -0.1) is 0 Å². The van der Waals surface area contributed by atoms with Crippen molar-refractivity contribution in [1.82, 2.24) is 0 Å². The maximum atomic E-state index is 2.38. The van der Waals surface area contributed by atoms with E-state index in [0.717, 1.165) is 5.92 Å². The van der Waals surface area contributed by atoms with Crippen molar-refractivity contribution in [3.8, 4) is 0 Å². The second kappa shape index (κ2) is 6.52. The third-order valence-corrected chi connectivity index (χ3v) is 5.15. The molecule has 2 aromatic carbocycles. The molecule has 0 amide bonds. The molecule has 0 saturated carbocycles. The molecule has 1 aliphatic rings. The van der Waals surface area contributed by atoms with Crippen molar-refractivity contribution < 1.29 is 0 Å². The van der Waals surface area contributed by atoms with E-state index < -0.39 is 0 Å². The van der Waals surface area contributed by atoms with Crippen LogP contribution >= 0.6 is 0 Å². The molecule has 2 unspecified atom stereocenters. The number of allylic oxidation sites excluding steroid dienone is 2. The smallest absolute Gasteiger partial charge is 0.0125 e. The molecule has 0 bridgehead atoms. The number of hydrogen-bond donors (Lipinski definition) is 0. The molecule has 0 fully saturated rings. The average Bonchev–Trinajstić information content (AvgIpc) is 2.56. The Balaban J connectivity index is 2.14. The van der Waals surface area contributed by atoms with Crippen molar-refractivity contribution in [2.24, 2.45) is 11.8 Å². The van der Waals surface area contributed by atoms with E-state index in [1.54, 1.807) is 11.1 Å². The summed E-state index contributed by atoms with van der Waals surface area (Å²) >= 11 is 0. The normalized spacial score (nSPS) is 22.2. The van der Waals surface area contributed by atoms with Crippen LogP contribution in [0.4, 0.5) is 0 Å². The highest BCUT2D eigenvalue weighted by Crippen LogP contribution is 2.48. The first-order chi connectivity index (χ1) is 10.7. The second-order valence-electron chi connectivity index (χ2n) is 6.89. The molecule has 0 saturated heterocycles. The maximum Gasteiger partial charge on any atom is 0.0125 e. The van der Waals surface area contributed by atoms with E-state index in [0.29, 0.717) is 11.8 Å². The minimum atomic E-state index is 0.525. The second-order valence-corrected chi connectivity index (χ2v) is 6.89. The van der Waals surface area contributed by atoms with Crippen LogP contribution in [0.1, 0.15) is 50.7 Å². The quantitative estimate of drug-likeness (QED) is 0.621. The lowest BCUT2D eigenvalue weighted by Crippen LogP contribution is -2.24. The summed E-state index contributed by atoms with van der Waals surface area (Å²) in [6, 6.07) is 22.1. The highest BCUT2D eigenvalue weighted by Gasteiger charge is 2.33. The Kier molecular flexibility index (Phi) is 4.47. The van der Waals surface area contributed by atoms with E-state index in [2.05, 4.69) is 81.4 Å². The monoisotopic (exact) mass is 290 g/mol. The topological polar surface area (TPSA) is 0 Å². The van der Waals surface area contributed by atoms with E-state index in [1.165, 1.54) is 24.0 Å². The van der Waals surface area contributed by atoms with Crippen LogP contribution in [0.15, 0.2) is 66.2 Å². The average molecular weight is 290 g/mol. The lowest BCUT2D eigenvalue weighted by molar-refractivity contribution is 0.323. The molecule has 0 radical (unpaired) electrons. The van der Waals surface area contributed by atoms with E-state index in [-0.39, 0.29) is 0 Å². The Morgan fingerprint density at radius 1 is 0.864 bits per heavy atom. The standard InChI is InChI=1S/C22H26/c1-16(2)20-15-14-17(3)21(18-10-6-4-7-11-18)22(20)19-12-8-5-9-13-19/h4-13,16,20,22H,14-15H2,1-3H3. The van der Waals surface area contributed by atoms with Crippen LogP contribution in [0.25, 0.3) is 5.57 Å². The van der Waals surface area contributed by atoms with Gasteiger partial charge in [0.15, 0.2) is 0 Å².